The Labute approximate surface area is 100 Å². The zero-order chi connectivity index (χ0) is 11.0. The van der Waals surface area contributed by atoms with E-state index in [-0.39, 0.29) is 0 Å². The van der Waals surface area contributed by atoms with Gasteiger partial charge in [0.1, 0.15) is 0 Å². The lowest BCUT2D eigenvalue weighted by Gasteiger charge is -2.27. The SMILES string of the molecule is NC1CCCC(c2cccc3ccsc23)C1. The Hall–Kier alpha value is -0.860. The van der Waals surface area contributed by atoms with Crippen molar-refractivity contribution in [2.45, 2.75) is 37.6 Å². The molecular formula is C14H17NS. The molecule has 0 aliphatic heterocycles. The molecule has 1 aliphatic rings. The molecular weight excluding hydrogens is 214 g/mol. The van der Waals surface area contributed by atoms with Gasteiger partial charge in [-0.25, -0.2) is 0 Å². The highest BCUT2D eigenvalue weighted by Gasteiger charge is 2.22. The highest BCUT2D eigenvalue weighted by Crippen LogP contribution is 2.37. The monoisotopic (exact) mass is 231 g/mol. The smallest absolute Gasteiger partial charge is 0.0377 e. The van der Waals surface area contributed by atoms with Crippen molar-refractivity contribution in [1.82, 2.24) is 0 Å². The molecule has 0 saturated heterocycles. The molecule has 1 aromatic heterocycles. The van der Waals surface area contributed by atoms with Crippen LogP contribution in [0.25, 0.3) is 10.1 Å². The molecule has 2 unspecified atom stereocenters. The van der Waals surface area contributed by atoms with Crippen LogP contribution >= 0.6 is 11.3 Å². The minimum atomic E-state index is 0.411. The molecule has 16 heavy (non-hydrogen) atoms. The van der Waals surface area contributed by atoms with Crippen LogP contribution in [0, 0.1) is 0 Å². The van der Waals surface area contributed by atoms with Crippen LogP contribution in [0.3, 0.4) is 0 Å². The molecule has 1 fully saturated rings. The van der Waals surface area contributed by atoms with Crippen molar-refractivity contribution in [3.8, 4) is 0 Å². The second-order valence-corrected chi connectivity index (χ2v) is 5.73. The Bertz CT molecular complexity index is 488. The molecule has 3 rings (SSSR count). The minimum Gasteiger partial charge on any atom is -0.328 e. The number of rotatable bonds is 1. The summed E-state index contributed by atoms with van der Waals surface area (Å²) in [5.41, 5.74) is 7.62. The fourth-order valence-electron chi connectivity index (χ4n) is 2.85. The summed E-state index contributed by atoms with van der Waals surface area (Å²) in [6, 6.07) is 9.31. The molecule has 0 amide bonds. The van der Waals surface area contributed by atoms with Gasteiger partial charge in [0.05, 0.1) is 0 Å². The van der Waals surface area contributed by atoms with Crippen LogP contribution < -0.4 is 5.73 Å². The average molecular weight is 231 g/mol. The van der Waals surface area contributed by atoms with Crippen LogP contribution in [0.1, 0.15) is 37.2 Å². The third-order valence-corrected chi connectivity index (χ3v) is 4.64. The first-order chi connectivity index (χ1) is 7.84. The molecule has 84 valence electrons. The minimum absolute atomic E-state index is 0.411. The van der Waals surface area contributed by atoms with Crippen LogP contribution in [0.15, 0.2) is 29.6 Å². The Morgan fingerprint density at radius 2 is 2.12 bits per heavy atom. The lowest BCUT2D eigenvalue weighted by molar-refractivity contribution is 0.395. The van der Waals surface area contributed by atoms with E-state index in [1.165, 1.54) is 34.9 Å². The third-order valence-electron chi connectivity index (χ3n) is 3.66. The number of thiophene rings is 1. The molecule has 1 saturated carbocycles. The Kier molecular flexibility index (Phi) is 2.70. The summed E-state index contributed by atoms with van der Waals surface area (Å²) >= 11 is 1.87. The van der Waals surface area contributed by atoms with Gasteiger partial charge < -0.3 is 5.73 Å². The van der Waals surface area contributed by atoms with E-state index in [0.29, 0.717) is 12.0 Å². The van der Waals surface area contributed by atoms with Gasteiger partial charge in [0.2, 0.25) is 0 Å². The molecule has 0 bridgehead atoms. The van der Waals surface area contributed by atoms with E-state index < -0.39 is 0 Å². The highest BCUT2D eigenvalue weighted by atomic mass is 32.1. The first-order valence-electron chi connectivity index (χ1n) is 6.06. The predicted molar refractivity (Wildman–Crippen MR) is 71.0 cm³/mol. The van der Waals surface area contributed by atoms with Gasteiger partial charge in [-0.2, -0.15) is 0 Å². The van der Waals surface area contributed by atoms with Gasteiger partial charge in [-0.1, -0.05) is 24.6 Å². The first-order valence-corrected chi connectivity index (χ1v) is 6.94. The maximum absolute atomic E-state index is 6.09. The molecule has 2 atom stereocenters. The van der Waals surface area contributed by atoms with Gasteiger partial charge in [0.25, 0.3) is 0 Å². The highest BCUT2D eigenvalue weighted by molar-refractivity contribution is 7.17. The van der Waals surface area contributed by atoms with Crippen LogP contribution in [0.2, 0.25) is 0 Å². The fourth-order valence-corrected chi connectivity index (χ4v) is 3.84. The van der Waals surface area contributed by atoms with Crippen molar-refractivity contribution in [2.75, 3.05) is 0 Å². The summed E-state index contributed by atoms with van der Waals surface area (Å²) in [7, 11) is 0. The van der Waals surface area contributed by atoms with Crippen LogP contribution in [0.4, 0.5) is 0 Å². The summed E-state index contributed by atoms with van der Waals surface area (Å²) in [6.07, 6.45) is 4.96. The summed E-state index contributed by atoms with van der Waals surface area (Å²) in [6.45, 7) is 0. The van der Waals surface area contributed by atoms with E-state index >= 15 is 0 Å². The molecule has 0 radical (unpaired) electrons. The fraction of sp³-hybridized carbons (Fsp3) is 0.429. The maximum atomic E-state index is 6.09. The van der Waals surface area contributed by atoms with Gasteiger partial charge in [0.15, 0.2) is 0 Å². The standard InChI is InChI=1S/C14H17NS/c15-12-5-1-4-11(9-12)13-6-2-3-10-7-8-16-14(10)13/h2-3,6-8,11-12H,1,4-5,9,15H2. The average Bonchev–Trinajstić information content (AvgIpc) is 2.76. The summed E-state index contributed by atoms with van der Waals surface area (Å²) in [5, 5.41) is 3.58. The Morgan fingerprint density at radius 1 is 1.19 bits per heavy atom. The van der Waals surface area contributed by atoms with Gasteiger partial charge in [0, 0.05) is 10.7 Å². The van der Waals surface area contributed by atoms with E-state index in [9.17, 15) is 0 Å². The molecule has 1 aromatic carbocycles. The Morgan fingerprint density at radius 3 is 3.00 bits per heavy atom. The second-order valence-electron chi connectivity index (χ2n) is 4.81. The van der Waals surface area contributed by atoms with Crippen molar-refractivity contribution in [1.29, 1.82) is 0 Å². The van der Waals surface area contributed by atoms with Crippen LogP contribution in [-0.4, -0.2) is 6.04 Å². The first kappa shape index (κ1) is 10.3. The van der Waals surface area contributed by atoms with E-state index in [0.717, 1.165) is 6.42 Å². The number of benzene rings is 1. The van der Waals surface area contributed by atoms with E-state index in [1.807, 2.05) is 11.3 Å². The van der Waals surface area contributed by atoms with Gasteiger partial charge in [-0.15, -0.1) is 11.3 Å². The van der Waals surface area contributed by atoms with E-state index in [2.05, 4.69) is 29.6 Å². The van der Waals surface area contributed by atoms with Gasteiger partial charge >= 0.3 is 0 Å². The van der Waals surface area contributed by atoms with Crippen molar-refractivity contribution in [3.63, 3.8) is 0 Å². The largest absolute Gasteiger partial charge is 0.328 e. The van der Waals surface area contributed by atoms with Crippen molar-refractivity contribution < 1.29 is 0 Å². The maximum Gasteiger partial charge on any atom is 0.0377 e. The summed E-state index contributed by atoms with van der Waals surface area (Å²) in [5.74, 6) is 0.686. The van der Waals surface area contributed by atoms with Gasteiger partial charge in [-0.05, 0) is 47.6 Å². The number of hydrogen-bond donors (Lipinski definition) is 1. The topological polar surface area (TPSA) is 26.0 Å². The van der Waals surface area contributed by atoms with Crippen molar-refractivity contribution in [2.24, 2.45) is 5.73 Å². The lowest BCUT2D eigenvalue weighted by atomic mass is 9.81. The third kappa shape index (κ3) is 1.76. The molecule has 2 heteroatoms. The molecule has 1 nitrogen and oxygen atoms in total. The van der Waals surface area contributed by atoms with Crippen molar-refractivity contribution >= 4 is 21.4 Å². The number of hydrogen-bond acceptors (Lipinski definition) is 2. The predicted octanol–water partition coefficient (Wildman–Crippen LogP) is 3.89. The number of nitrogens with two attached hydrogens (primary N) is 1. The quantitative estimate of drug-likeness (QED) is 0.791. The lowest BCUT2D eigenvalue weighted by Crippen LogP contribution is -2.26. The zero-order valence-corrected chi connectivity index (χ0v) is 10.2. The molecule has 1 aliphatic carbocycles. The van der Waals surface area contributed by atoms with Crippen molar-refractivity contribution in [3.05, 3.63) is 35.2 Å². The number of fused-ring (bicyclic) bond motifs is 1. The van der Waals surface area contributed by atoms with Gasteiger partial charge in [-0.3, -0.25) is 0 Å². The molecule has 1 heterocycles. The Balaban J connectivity index is 2.01. The summed E-state index contributed by atoms with van der Waals surface area (Å²) in [4.78, 5) is 0. The molecule has 2 aromatic rings. The van der Waals surface area contributed by atoms with E-state index in [1.54, 1.807) is 0 Å². The second kappa shape index (κ2) is 4.19. The molecule has 0 spiro atoms. The van der Waals surface area contributed by atoms with E-state index in [4.69, 9.17) is 5.73 Å². The summed E-state index contributed by atoms with van der Waals surface area (Å²) < 4.78 is 1.47. The molecule has 2 N–H and O–H groups in total. The zero-order valence-electron chi connectivity index (χ0n) is 9.36. The van der Waals surface area contributed by atoms with Crippen LogP contribution in [0.5, 0.6) is 0 Å². The van der Waals surface area contributed by atoms with Crippen LogP contribution in [-0.2, 0) is 0 Å². The normalized spacial score (nSPS) is 26.1.